The molecule has 2 nitrogen and oxygen atoms in total. The summed E-state index contributed by atoms with van der Waals surface area (Å²) in [5.74, 6) is 1.09. The number of anilines is 1. The molecule has 1 aromatic rings. The van der Waals surface area contributed by atoms with E-state index in [4.69, 9.17) is 4.74 Å². The van der Waals surface area contributed by atoms with E-state index in [2.05, 4.69) is 35.8 Å². The van der Waals surface area contributed by atoms with Crippen LogP contribution in [0.15, 0.2) is 24.3 Å². The van der Waals surface area contributed by atoms with Gasteiger partial charge < -0.3 is 10.1 Å². The second-order valence-corrected chi connectivity index (χ2v) is 5.05. The van der Waals surface area contributed by atoms with Crippen molar-refractivity contribution in [3.8, 4) is 0 Å². The Balaban J connectivity index is 1.88. The van der Waals surface area contributed by atoms with E-state index < -0.39 is 0 Å². The molecule has 2 rings (SSSR count). The molecule has 1 aliphatic heterocycles. The smallest absolute Gasteiger partial charge is 0.0667 e. The first kappa shape index (κ1) is 11.8. The molecule has 3 heteroatoms. The predicted molar refractivity (Wildman–Crippen MR) is 71.1 cm³/mol. The van der Waals surface area contributed by atoms with Crippen LogP contribution < -0.4 is 5.32 Å². The Labute approximate surface area is 102 Å². The molecule has 1 fully saturated rings. The number of thioether (sulfide) groups is 1. The fraction of sp³-hybridized carbons (Fsp3) is 0.538. The van der Waals surface area contributed by atoms with E-state index in [0.717, 1.165) is 19.0 Å². The summed E-state index contributed by atoms with van der Waals surface area (Å²) in [6.45, 7) is 1.76. The molecule has 0 bridgehead atoms. The summed E-state index contributed by atoms with van der Waals surface area (Å²) in [6.07, 6.45) is 4.51. The van der Waals surface area contributed by atoms with Crippen molar-refractivity contribution in [2.24, 2.45) is 0 Å². The number of hydrogen-bond acceptors (Lipinski definition) is 3. The van der Waals surface area contributed by atoms with Gasteiger partial charge in [0, 0.05) is 24.1 Å². The van der Waals surface area contributed by atoms with Crippen LogP contribution in [-0.2, 0) is 10.5 Å². The van der Waals surface area contributed by atoms with Crippen molar-refractivity contribution >= 4 is 17.4 Å². The molecule has 0 radical (unpaired) electrons. The monoisotopic (exact) mass is 237 g/mol. The first-order valence-corrected chi connectivity index (χ1v) is 7.20. The van der Waals surface area contributed by atoms with Gasteiger partial charge in [0.15, 0.2) is 0 Å². The highest BCUT2D eigenvalue weighted by atomic mass is 32.2. The quantitative estimate of drug-likeness (QED) is 0.869. The normalized spacial score (nSPS) is 20.7. The minimum Gasteiger partial charge on any atom is -0.380 e. The van der Waals surface area contributed by atoms with Crippen molar-refractivity contribution in [2.45, 2.75) is 24.6 Å². The van der Waals surface area contributed by atoms with Gasteiger partial charge in [-0.2, -0.15) is 11.8 Å². The lowest BCUT2D eigenvalue weighted by Gasteiger charge is -2.24. The van der Waals surface area contributed by atoms with Crippen molar-refractivity contribution in [3.63, 3.8) is 0 Å². The molecule has 0 spiro atoms. The Morgan fingerprint density at radius 2 is 2.19 bits per heavy atom. The van der Waals surface area contributed by atoms with E-state index in [1.54, 1.807) is 0 Å². The summed E-state index contributed by atoms with van der Waals surface area (Å²) in [5.41, 5.74) is 2.60. The maximum absolute atomic E-state index is 5.45. The Kier molecular flexibility index (Phi) is 4.55. The predicted octanol–water partition coefficient (Wildman–Crippen LogP) is 3.14. The fourth-order valence-electron chi connectivity index (χ4n) is 1.95. The fourth-order valence-corrected chi connectivity index (χ4v) is 2.48. The molecule has 1 heterocycles. The van der Waals surface area contributed by atoms with Crippen LogP contribution in [0, 0.1) is 0 Å². The molecule has 0 amide bonds. The lowest BCUT2D eigenvalue weighted by atomic mass is 10.1. The van der Waals surface area contributed by atoms with E-state index in [1.807, 2.05) is 11.8 Å². The van der Waals surface area contributed by atoms with Gasteiger partial charge in [-0.1, -0.05) is 12.1 Å². The first-order chi connectivity index (χ1) is 7.88. The molecule has 0 aromatic heterocycles. The molecule has 1 saturated heterocycles. The Morgan fingerprint density at radius 3 is 2.81 bits per heavy atom. The molecule has 0 aliphatic carbocycles. The van der Waals surface area contributed by atoms with Crippen LogP contribution in [0.3, 0.4) is 0 Å². The number of ether oxygens (including phenoxy) is 1. The zero-order chi connectivity index (χ0) is 11.2. The van der Waals surface area contributed by atoms with E-state index >= 15 is 0 Å². The molecule has 1 N–H and O–H groups in total. The molecule has 1 unspecified atom stereocenters. The summed E-state index contributed by atoms with van der Waals surface area (Å²) in [4.78, 5) is 0. The molecular weight excluding hydrogens is 218 g/mol. The first-order valence-electron chi connectivity index (χ1n) is 5.80. The number of hydrogen-bond donors (Lipinski definition) is 1. The SMILES string of the molecule is CSCc1ccc(NC2CCCOC2)cc1. The lowest BCUT2D eigenvalue weighted by molar-refractivity contribution is 0.0876. The van der Waals surface area contributed by atoms with Gasteiger partial charge in [-0.15, -0.1) is 0 Å². The summed E-state index contributed by atoms with van der Waals surface area (Å²) in [5, 5.41) is 3.52. The second-order valence-electron chi connectivity index (χ2n) is 4.19. The second kappa shape index (κ2) is 6.16. The third-order valence-corrected chi connectivity index (χ3v) is 3.42. The summed E-state index contributed by atoms with van der Waals surface area (Å²) >= 11 is 1.86. The molecule has 1 atom stereocenters. The lowest BCUT2D eigenvalue weighted by Crippen LogP contribution is -2.29. The number of benzene rings is 1. The van der Waals surface area contributed by atoms with Gasteiger partial charge >= 0.3 is 0 Å². The van der Waals surface area contributed by atoms with Crippen molar-refractivity contribution in [3.05, 3.63) is 29.8 Å². The van der Waals surface area contributed by atoms with Crippen molar-refractivity contribution in [2.75, 3.05) is 24.8 Å². The van der Waals surface area contributed by atoms with Gasteiger partial charge in [-0.05, 0) is 36.8 Å². The number of rotatable bonds is 4. The molecule has 1 aromatic carbocycles. The Hall–Kier alpha value is -0.670. The summed E-state index contributed by atoms with van der Waals surface area (Å²) < 4.78 is 5.45. The molecular formula is C13H19NOS. The molecule has 1 aliphatic rings. The Bertz CT molecular complexity index is 306. The van der Waals surface area contributed by atoms with Crippen LogP contribution in [-0.4, -0.2) is 25.5 Å². The molecule has 88 valence electrons. The van der Waals surface area contributed by atoms with E-state index in [1.165, 1.54) is 24.1 Å². The third-order valence-electron chi connectivity index (χ3n) is 2.80. The van der Waals surface area contributed by atoms with Crippen LogP contribution >= 0.6 is 11.8 Å². The molecule has 0 saturated carbocycles. The maximum Gasteiger partial charge on any atom is 0.0667 e. The minimum absolute atomic E-state index is 0.486. The van der Waals surface area contributed by atoms with Gasteiger partial charge in [-0.3, -0.25) is 0 Å². The summed E-state index contributed by atoms with van der Waals surface area (Å²) in [6, 6.07) is 9.21. The zero-order valence-corrected chi connectivity index (χ0v) is 10.6. The van der Waals surface area contributed by atoms with Crippen molar-refractivity contribution in [1.82, 2.24) is 0 Å². The van der Waals surface area contributed by atoms with E-state index in [9.17, 15) is 0 Å². The average Bonchev–Trinajstić information content (AvgIpc) is 2.33. The van der Waals surface area contributed by atoms with Crippen molar-refractivity contribution in [1.29, 1.82) is 0 Å². The largest absolute Gasteiger partial charge is 0.380 e. The van der Waals surface area contributed by atoms with Crippen LogP contribution in [0.2, 0.25) is 0 Å². The van der Waals surface area contributed by atoms with E-state index in [-0.39, 0.29) is 0 Å². The van der Waals surface area contributed by atoms with Gasteiger partial charge in [0.25, 0.3) is 0 Å². The average molecular weight is 237 g/mol. The van der Waals surface area contributed by atoms with Crippen LogP contribution in [0.1, 0.15) is 18.4 Å². The van der Waals surface area contributed by atoms with Crippen LogP contribution in [0.5, 0.6) is 0 Å². The highest BCUT2D eigenvalue weighted by Crippen LogP contribution is 2.17. The minimum atomic E-state index is 0.486. The summed E-state index contributed by atoms with van der Waals surface area (Å²) in [7, 11) is 0. The highest BCUT2D eigenvalue weighted by molar-refractivity contribution is 7.97. The Morgan fingerprint density at radius 1 is 1.38 bits per heavy atom. The third kappa shape index (κ3) is 3.42. The highest BCUT2D eigenvalue weighted by Gasteiger charge is 2.12. The zero-order valence-electron chi connectivity index (χ0n) is 9.74. The van der Waals surface area contributed by atoms with Gasteiger partial charge in [0.1, 0.15) is 0 Å². The van der Waals surface area contributed by atoms with Gasteiger partial charge in [0.05, 0.1) is 6.61 Å². The molecule has 16 heavy (non-hydrogen) atoms. The standard InChI is InChI=1S/C13H19NOS/c1-16-10-11-4-6-12(7-5-11)14-13-3-2-8-15-9-13/h4-7,13-14H,2-3,8-10H2,1H3. The van der Waals surface area contributed by atoms with Crippen LogP contribution in [0.4, 0.5) is 5.69 Å². The van der Waals surface area contributed by atoms with Crippen LogP contribution in [0.25, 0.3) is 0 Å². The topological polar surface area (TPSA) is 21.3 Å². The van der Waals surface area contributed by atoms with Gasteiger partial charge in [-0.25, -0.2) is 0 Å². The van der Waals surface area contributed by atoms with Gasteiger partial charge in [0.2, 0.25) is 0 Å². The van der Waals surface area contributed by atoms with E-state index in [0.29, 0.717) is 6.04 Å². The number of nitrogens with one attached hydrogen (secondary N) is 1. The maximum atomic E-state index is 5.45. The van der Waals surface area contributed by atoms with Crippen molar-refractivity contribution < 1.29 is 4.74 Å².